The van der Waals surface area contributed by atoms with E-state index < -0.39 is 5.91 Å². The fourth-order valence-electron chi connectivity index (χ4n) is 5.02. The van der Waals surface area contributed by atoms with Gasteiger partial charge in [0.15, 0.2) is 17.3 Å². The van der Waals surface area contributed by atoms with Gasteiger partial charge in [-0.05, 0) is 73.9 Å². The third-order valence-electron chi connectivity index (χ3n) is 7.09. The van der Waals surface area contributed by atoms with Crippen LogP contribution >= 0.6 is 11.8 Å². The summed E-state index contributed by atoms with van der Waals surface area (Å²) in [7, 11) is 1.58. The number of aliphatic imine (C=N–C) groups is 1. The van der Waals surface area contributed by atoms with Crippen LogP contribution in [-0.4, -0.2) is 47.3 Å². The van der Waals surface area contributed by atoms with Gasteiger partial charge in [0.2, 0.25) is 5.17 Å². The van der Waals surface area contributed by atoms with Crippen LogP contribution in [0.2, 0.25) is 0 Å². The molecule has 5 rings (SSSR count). The van der Waals surface area contributed by atoms with E-state index in [1.807, 2.05) is 37.3 Å². The zero-order valence-electron chi connectivity index (χ0n) is 22.9. The maximum absolute atomic E-state index is 13.0. The Morgan fingerprint density at radius 2 is 1.88 bits per heavy atom. The minimum absolute atomic E-state index is 0.0335. The highest BCUT2D eigenvalue weighted by Crippen LogP contribution is 2.38. The lowest BCUT2D eigenvalue weighted by Crippen LogP contribution is -2.35. The topological polar surface area (TPSA) is 96.6 Å². The summed E-state index contributed by atoms with van der Waals surface area (Å²) in [4.78, 5) is 17.3. The zero-order chi connectivity index (χ0) is 28.1. The Morgan fingerprint density at radius 3 is 2.60 bits per heavy atom. The van der Waals surface area contributed by atoms with Crippen molar-refractivity contribution in [1.82, 2.24) is 5.01 Å². The second kappa shape index (κ2) is 12.6. The van der Waals surface area contributed by atoms with Crippen LogP contribution < -0.4 is 14.2 Å². The Bertz CT molecular complexity index is 1390. The van der Waals surface area contributed by atoms with E-state index in [0.29, 0.717) is 47.8 Å². The number of hydrogen-bond donors (Lipinski definition) is 1. The molecular formula is C31H34N4O4S. The number of fused-ring (bicyclic) bond motifs is 1. The van der Waals surface area contributed by atoms with Crippen LogP contribution in [-0.2, 0) is 11.2 Å². The number of thioether (sulfide) groups is 1. The smallest absolute Gasteiger partial charge is 0.283 e. The van der Waals surface area contributed by atoms with E-state index in [-0.39, 0.29) is 11.4 Å². The molecule has 3 aliphatic rings. The first-order valence-corrected chi connectivity index (χ1v) is 14.4. The number of benzene rings is 2. The molecule has 0 atom stereocenters. The molecule has 8 nitrogen and oxygen atoms in total. The minimum Gasteiger partial charge on any atom is -0.493 e. The van der Waals surface area contributed by atoms with E-state index in [4.69, 9.17) is 24.7 Å². The number of hydrogen-bond acceptors (Lipinski definition) is 7. The number of carbonyl (C=O) groups is 1. The number of rotatable bonds is 10. The van der Waals surface area contributed by atoms with Gasteiger partial charge in [-0.1, -0.05) is 43.0 Å². The molecule has 208 valence electrons. The number of nitrogens with zero attached hydrogens (tertiary/aromatic N) is 3. The zero-order valence-corrected chi connectivity index (χ0v) is 23.8. The molecule has 2 aromatic carbocycles. The van der Waals surface area contributed by atoms with Crippen LogP contribution in [0.15, 0.2) is 64.7 Å². The van der Waals surface area contributed by atoms with E-state index in [9.17, 15) is 4.79 Å². The first-order chi connectivity index (χ1) is 19.5. The molecule has 2 heterocycles. The summed E-state index contributed by atoms with van der Waals surface area (Å²) in [5.41, 5.74) is 2.91. The third-order valence-corrected chi connectivity index (χ3v) is 8.16. The standard InChI is InChI=1S/C31H34N4O4S/c1-4-8-23-17-21(19-26(37-3)27(23)39-16-15-38-24-13-11-20(2)12-14-24)18-25-28(32)35-31(33-29(25)36)40-30(34-35)22-9-6-5-7-10-22/h4,11-14,17-19,22,32H,1,5-10,15-16H2,2-3H3/b25-18-,32-28?. The van der Waals surface area contributed by atoms with Crippen molar-refractivity contribution in [1.29, 1.82) is 5.41 Å². The Kier molecular flexibility index (Phi) is 8.69. The maximum atomic E-state index is 13.0. The number of methoxy groups -OCH3 is 1. The van der Waals surface area contributed by atoms with Crippen molar-refractivity contribution in [3.63, 3.8) is 0 Å². The number of ether oxygens (including phenoxy) is 3. The normalized spacial score (nSPS) is 18.4. The molecular weight excluding hydrogens is 524 g/mol. The van der Waals surface area contributed by atoms with Crippen LogP contribution in [0.5, 0.6) is 17.2 Å². The second-order valence-electron chi connectivity index (χ2n) is 10.0. The van der Waals surface area contributed by atoms with Crippen molar-refractivity contribution in [2.24, 2.45) is 16.0 Å². The molecule has 2 aromatic rings. The summed E-state index contributed by atoms with van der Waals surface area (Å²) in [6.45, 7) is 6.61. The van der Waals surface area contributed by atoms with Crippen LogP contribution in [0.1, 0.15) is 48.8 Å². The number of aryl methyl sites for hydroxylation is 1. The average Bonchev–Trinajstić information content (AvgIpc) is 3.40. The van der Waals surface area contributed by atoms with E-state index in [1.54, 1.807) is 25.3 Å². The van der Waals surface area contributed by atoms with Gasteiger partial charge in [-0.3, -0.25) is 10.2 Å². The van der Waals surface area contributed by atoms with Crippen LogP contribution in [0.4, 0.5) is 0 Å². The van der Waals surface area contributed by atoms with E-state index in [2.05, 4.69) is 11.6 Å². The first-order valence-electron chi connectivity index (χ1n) is 13.6. The predicted molar refractivity (Wildman–Crippen MR) is 161 cm³/mol. The lowest BCUT2D eigenvalue weighted by atomic mass is 9.90. The fourth-order valence-corrected chi connectivity index (χ4v) is 6.07. The quantitative estimate of drug-likeness (QED) is 0.206. The number of allylic oxidation sites excluding steroid dienone is 1. The third kappa shape index (κ3) is 6.14. The van der Waals surface area contributed by atoms with Crippen molar-refractivity contribution in [2.45, 2.75) is 45.4 Å². The fraction of sp³-hybridized carbons (Fsp3) is 0.355. The molecule has 1 N–H and O–H groups in total. The molecule has 0 saturated heterocycles. The molecule has 9 heteroatoms. The van der Waals surface area contributed by atoms with Gasteiger partial charge in [0.1, 0.15) is 24.0 Å². The minimum atomic E-state index is -0.443. The SMILES string of the molecule is C=CCc1cc(/C=C2/C(=N)N3N=C(C4CCCCC4)SC3=NC2=O)cc(OC)c1OCCOc1ccc(C)cc1. The summed E-state index contributed by atoms with van der Waals surface area (Å²) < 4.78 is 17.6. The van der Waals surface area contributed by atoms with Crippen molar-refractivity contribution < 1.29 is 19.0 Å². The predicted octanol–water partition coefficient (Wildman–Crippen LogP) is 6.39. The number of carbonyl (C=O) groups excluding carboxylic acids is 1. The van der Waals surface area contributed by atoms with Gasteiger partial charge >= 0.3 is 0 Å². The number of hydrazone groups is 1. The van der Waals surface area contributed by atoms with Gasteiger partial charge in [-0.15, -0.1) is 6.58 Å². The number of amides is 1. The van der Waals surface area contributed by atoms with Crippen molar-refractivity contribution in [2.75, 3.05) is 20.3 Å². The molecule has 1 saturated carbocycles. The molecule has 0 radical (unpaired) electrons. The molecule has 2 aliphatic heterocycles. The summed E-state index contributed by atoms with van der Waals surface area (Å²) >= 11 is 1.42. The molecule has 0 aromatic heterocycles. The largest absolute Gasteiger partial charge is 0.493 e. The Balaban J connectivity index is 1.34. The molecule has 0 bridgehead atoms. The van der Waals surface area contributed by atoms with Gasteiger partial charge in [0.25, 0.3) is 5.91 Å². The molecule has 0 unspecified atom stereocenters. The van der Waals surface area contributed by atoms with Gasteiger partial charge in [0, 0.05) is 11.5 Å². The summed E-state index contributed by atoms with van der Waals surface area (Å²) in [5.74, 6) is 1.87. The van der Waals surface area contributed by atoms with E-state index in [1.165, 1.54) is 41.6 Å². The van der Waals surface area contributed by atoms with Gasteiger partial charge in [-0.2, -0.15) is 15.1 Å². The molecule has 0 spiro atoms. The Labute approximate surface area is 239 Å². The molecule has 40 heavy (non-hydrogen) atoms. The lowest BCUT2D eigenvalue weighted by molar-refractivity contribution is -0.114. The summed E-state index contributed by atoms with van der Waals surface area (Å²) in [6, 6.07) is 11.6. The summed E-state index contributed by atoms with van der Waals surface area (Å²) in [5, 5.41) is 16.4. The van der Waals surface area contributed by atoms with Crippen molar-refractivity contribution in [3.8, 4) is 17.2 Å². The average molecular weight is 559 g/mol. The monoisotopic (exact) mass is 558 g/mol. The van der Waals surface area contributed by atoms with Crippen LogP contribution in [0, 0.1) is 18.3 Å². The lowest BCUT2D eigenvalue weighted by Gasteiger charge is -2.21. The van der Waals surface area contributed by atoms with Gasteiger partial charge in [-0.25, -0.2) is 0 Å². The van der Waals surface area contributed by atoms with Crippen molar-refractivity contribution >= 4 is 39.8 Å². The summed E-state index contributed by atoms with van der Waals surface area (Å²) in [6.07, 6.45) is 9.80. The van der Waals surface area contributed by atoms with Crippen LogP contribution in [0.3, 0.4) is 0 Å². The highest BCUT2D eigenvalue weighted by atomic mass is 32.2. The highest BCUT2D eigenvalue weighted by molar-refractivity contribution is 8.27. The highest BCUT2D eigenvalue weighted by Gasteiger charge is 2.38. The van der Waals surface area contributed by atoms with E-state index >= 15 is 0 Å². The van der Waals surface area contributed by atoms with Crippen molar-refractivity contribution in [3.05, 3.63) is 71.3 Å². The second-order valence-corrected chi connectivity index (χ2v) is 11.0. The van der Waals surface area contributed by atoms with E-state index in [0.717, 1.165) is 29.2 Å². The number of nitrogens with one attached hydrogen (secondary N) is 1. The molecule has 1 fully saturated rings. The maximum Gasteiger partial charge on any atom is 0.283 e. The Hall–Kier alpha value is -3.85. The Morgan fingerprint density at radius 1 is 1.12 bits per heavy atom. The molecule has 1 amide bonds. The first kappa shape index (κ1) is 27.7. The van der Waals surface area contributed by atoms with Crippen LogP contribution in [0.25, 0.3) is 6.08 Å². The molecule has 1 aliphatic carbocycles. The van der Waals surface area contributed by atoms with Gasteiger partial charge in [0.05, 0.1) is 12.7 Å². The van der Waals surface area contributed by atoms with Gasteiger partial charge < -0.3 is 14.2 Å². The number of amidine groups is 2.